The summed E-state index contributed by atoms with van der Waals surface area (Å²) in [6.45, 7) is 1.91. The van der Waals surface area contributed by atoms with Crippen molar-refractivity contribution in [2.45, 2.75) is 19.4 Å². The summed E-state index contributed by atoms with van der Waals surface area (Å²) in [7, 11) is 2.93. The van der Waals surface area contributed by atoms with Gasteiger partial charge >= 0.3 is 5.97 Å². The largest absolute Gasteiger partial charge is 0.496 e. The molecule has 2 N–H and O–H groups in total. The van der Waals surface area contributed by atoms with Crippen molar-refractivity contribution >= 4 is 39.1 Å². The van der Waals surface area contributed by atoms with E-state index in [4.69, 9.17) is 9.47 Å². The van der Waals surface area contributed by atoms with E-state index in [0.717, 1.165) is 27.1 Å². The molecule has 0 saturated carbocycles. The van der Waals surface area contributed by atoms with E-state index in [0.29, 0.717) is 17.7 Å². The third kappa shape index (κ3) is 3.47. The fourth-order valence-electron chi connectivity index (χ4n) is 4.25. The standard InChI is InChI=1S/C23H23BrN2O4/c1-12-10-17-20(22(27)19(12)23(28)30-3)21(13-8-9-18(29-2)14(24)11-13)26-16-7-5-4-6-15(16)25-17/h4-9,11-12,19,21,25-26H,10H2,1-3H3/t12-,19+,21-/m1/s1. The molecule has 2 aromatic rings. The average molecular weight is 471 g/mol. The van der Waals surface area contributed by atoms with E-state index in [2.05, 4.69) is 26.6 Å². The van der Waals surface area contributed by atoms with Crippen molar-refractivity contribution in [1.29, 1.82) is 0 Å². The predicted octanol–water partition coefficient (Wildman–Crippen LogP) is 4.69. The first kappa shape index (κ1) is 20.5. The number of ketones is 1. The number of anilines is 2. The summed E-state index contributed by atoms with van der Waals surface area (Å²) in [5.74, 6) is -0.973. The van der Waals surface area contributed by atoms with Crippen LogP contribution in [0.15, 0.2) is 58.2 Å². The molecule has 1 aliphatic heterocycles. The minimum atomic E-state index is -0.817. The first-order valence-electron chi connectivity index (χ1n) is 9.75. The van der Waals surface area contributed by atoms with E-state index in [1.807, 2.05) is 49.4 Å². The molecule has 156 valence electrons. The number of halogens is 1. The van der Waals surface area contributed by atoms with Crippen LogP contribution in [-0.2, 0) is 14.3 Å². The van der Waals surface area contributed by atoms with Crippen molar-refractivity contribution in [3.05, 3.63) is 63.8 Å². The lowest BCUT2D eigenvalue weighted by Crippen LogP contribution is -2.39. The van der Waals surface area contributed by atoms with Crippen LogP contribution in [0, 0.1) is 11.8 Å². The van der Waals surface area contributed by atoms with Crippen LogP contribution in [0.5, 0.6) is 5.75 Å². The fourth-order valence-corrected chi connectivity index (χ4v) is 4.80. The van der Waals surface area contributed by atoms with Gasteiger partial charge in [-0.05, 0) is 58.1 Å². The van der Waals surface area contributed by atoms with Crippen molar-refractivity contribution in [3.8, 4) is 5.75 Å². The van der Waals surface area contributed by atoms with Crippen molar-refractivity contribution < 1.29 is 19.1 Å². The van der Waals surface area contributed by atoms with Crippen molar-refractivity contribution in [1.82, 2.24) is 0 Å². The highest BCUT2D eigenvalue weighted by Gasteiger charge is 2.44. The third-order valence-electron chi connectivity index (χ3n) is 5.73. The molecular weight excluding hydrogens is 448 g/mol. The van der Waals surface area contributed by atoms with Crippen molar-refractivity contribution in [3.63, 3.8) is 0 Å². The highest BCUT2D eigenvalue weighted by molar-refractivity contribution is 9.10. The number of carbonyl (C=O) groups excluding carboxylic acids is 2. The van der Waals surface area contributed by atoms with Gasteiger partial charge in [-0.3, -0.25) is 9.59 Å². The zero-order chi connectivity index (χ0) is 21.4. The Morgan fingerprint density at radius 3 is 2.53 bits per heavy atom. The van der Waals surface area contributed by atoms with E-state index in [1.165, 1.54) is 7.11 Å². The number of hydrogen-bond acceptors (Lipinski definition) is 6. The molecule has 0 radical (unpaired) electrons. The minimum absolute atomic E-state index is 0.162. The number of methoxy groups -OCH3 is 2. The average Bonchev–Trinajstić information content (AvgIpc) is 2.90. The van der Waals surface area contributed by atoms with Gasteiger partial charge in [0.2, 0.25) is 0 Å². The minimum Gasteiger partial charge on any atom is -0.496 e. The molecule has 7 heteroatoms. The van der Waals surface area contributed by atoms with Gasteiger partial charge in [-0.25, -0.2) is 0 Å². The molecule has 0 fully saturated rings. The van der Waals surface area contributed by atoms with Gasteiger partial charge in [-0.15, -0.1) is 0 Å². The number of Topliss-reactive ketones (excluding diaryl/α,β-unsaturated/α-hetero) is 1. The molecular formula is C23H23BrN2O4. The van der Waals surface area contributed by atoms with Gasteiger partial charge in [0.15, 0.2) is 5.78 Å². The second-order valence-electron chi connectivity index (χ2n) is 7.58. The number of allylic oxidation sites excluding steroid dienone is 1. The SMILES string of the molecule is COC(=O)[C@@H]1C(=O)C2=C(C[C@H]1C)Nc1ccccc1N[C@@H]2c1ccc(OC)c(Br)c1. The van der Waals surface area contributed by atoms with Crippen LogP contribution >= 0.6 is 15.9 Å². The molecule has 0 aromatic heterocycles. The fraction of sp³-hybridized carbons (Fsp3) is 0.304. The lowest BCUT2D eigenvalue weighted by atomic mass is 9.75. The smallest absolute Gasteiger partial charge is 0.316 e. The zero-order valence-corrected chi connectivity index (χ0v) is 18.6. The summed E-state index contributed by atoms with van der Waals surface area (Å²) < 4.78 is 11.1. The zero-order valence-electron chi connectivity index (χ0n) is 17.0. The van der Waals surface area contributed by atoms with Gasteiger partial charge < -0.3 is 20.1 Å². The van der Waals surface area contributed by atoms with Crippen LogP contribution in [0.25, 0.3) is 0 Å². The first-order chi connectivity index (χ1) is 14.4. The summed E-state index contributed by atoms with van der Waals surface area (Å²) >= 11 is 3.54. The maximum Gasteiger partial charge on any atom is 0.316 e. The molecule has 0 bridgehead atoms. The Hall–Kier alpha value is -2.80. The third-order valence-corrected chi connectivity index (χ3v) is 6.35. The van der Waals surface area contributed by atoms with Crippen LogP contribution in [0.1, 0.15) is 24.9 Å². The molecule has 1 aliphatic carbocycles. The Morgan fingerprint density at radius 1 is 1.13 bits per heavy atom. The lowest BCUT2D eigenvalue weighted by Gasteiger charge is -2.32. The quantitative estimate of drug-likeness (QED) is 0.500. The molecule has 1 heterocycles. The van der Waals surface area contributed by atoms with E-state index in [9.17, 15) is 9.59 Å². The Morgan fingerprint density at radius 2 is 1.87 bits per heavy atom. The van der Waals surface area contributed by atoms with Gasteiger partial charge in [-0.1, -0.05) is 25.1 Å². The van der Waals surface area contributed by atoms with Crippen molar-refractivity contribution in [2.24, 2.45) is 11.8 Å². The molecule has 0 amide bonds. The summed E-state index contributed by atoms with van der Waals surface area (Å²) in [5.41, 5.74) is 4.08. The van der Waals surface area contributed by atoms with Crippen LogP contribution in [-0.4, -0.2) is 26.0 Å². The van der Waals surface area contributed by atoms with E-state index in [-0.39, 0.29) is 11.7 Å². The van der Waals surface area contributed by atoms with E-state index < -0.39 is 17.9 Å². The monoisotopic (exact) mass is 470 g/mol. The lowest BCUT2D eigenvalue weighted by molar-refractivity contribution is -0.151. The Labute approximate surface area is 183 Å². The van der Waals surface area contributed by atoms with Crippen LogP contribution < -0.4 is 15.4 Å². The Kier molecular flexibility index (Phi) is 5.56. The van der Waals surface area contributed by atoms with Crippen LogP contribution in [0.3, 0.4) is 0 Å². The van der Waals surface area contributed by atoms with Gasteiger partial charge in [-0.2, -0.15) is 0 Å². The summed E-state index contributed by atoms with van der Waals surface area (Å²) in [6.07, 6.45) is 0.574. The normalized spacial score (nSPS) is 22.8. The van der Waals surface area contributed by atoms with E-state index in [1.54, 1.807) is 7.11 Å². The molecule has 3 atom stereocenters. The van der Waals surface area contributed by atoms with Gasteiger partial charge in [0.25, 0.3) is 0 Å². The maximum absolute atomic E-state index is 13.6. The van der Waals surface area contributed by atoms with Crippen molar-refractivity contribution in [2.75, 3.05) is 24.9 Å². The second kappa shape index (κ2) is 8.14. The number of carbonyl (C=O) groups is 2. The summed E-state index contributed by atoms with van der Waals surface area (Å²) in [5, 5.41) is 6.95. The van der Waals surface area contributed by atoms with Gasteiger partial charge in [0.05, 0.1) is 36.1 Å². The predicted molar refractivity (Wildman–Crippen MR) is 118 cm³/mol. The number of fused-ring (bicyclic) bond motifs is 1. The highest BCUT2D eigenvalue weighted by Crippen LogP contribution is 2.44. The van der Waals surface area contributed by atoms with E-state index >= 15 is 0 Å². The second-order valence-corrected chi connectivity index (χ2v) is 8.43. The number of hydrogen-bond donors (Lipinski definition) is 2. The molecule has 4 rings (SSSR count). The molecule has 6 nitrogen and oxygen atoms in total. The summed E-state index contributed by atoms with van der Waals surface area (Å²) in [6, 6.07) is 13.1. The number of para-hydroxylation sites is 2. The highest BCUT2D eigenvalue weighted by atomic mass is 79.9. The first-order valence-corrected chi connectivity index (χ1v) is 10.5. The molecule has 30 heavy (non-hydrogen) atoms. The molecule has 0 saturated heterocycles. The molecule has 0 spiro atoms. The number of ether oxygens (including phenoxy) is 2. The summed E-state index contributed by atoms with van der Waals surface area (Å²) in [4.78, 5) is 26.0. The van der Waals surface area contributed by atoms with Crippen LogP contribution in [0.4, 0.5) is 11.4 Å². The Bertz CT molecular complexity index is 1050. The molecule has 2 aliphatic rings. The molecule has 0 unspecified atom stereocenters. The van der Waals surface area contributed by atoms with Crippen LogP contribution in [0.2, 0.25) is 0 Å². The maximum atomic E-state index is 13.6. The Balaban J connectivity index is 1.87. The number of esters is 1. The number of benzene rings is 2. The molecule has 2 aromatic carbocycles. The number of nitrogens with one attached hydrogen (secondary N) is 2. The topological polar surface area (TPSA) is 76.7 Å². The van der Waals surface area contributed by atoms with Gasteiger partial charge in [0, 0.05) is 11.3 Å². The van der Waals surface area contributed by atoms with Gasteiger partial charge in [0.1, 0.15) is 11.7 Å². The number of rotatable bonds is 3.